The molecule has 0 bridgehead atoms. The standard InChI is InChI=1S/C22H24ClN5O2/c1-2-30-21(29)15-8-11-28(12-9-15)20-17-14-26-22(27-19(17)7-10-24-20)25-13-16-5-3-4-6-18(16)23/h3-7,10,14-15H,2,8-9,11-13H2,1H3,(H,25,26,27). The van der Waals surface area contributed by atoms with Crippen LogP contribution in [0.4, 0.5) is 11.8 Å². The average Bonchev–Trinajstić information content (AvgIpc) is 2.78. The molecule has 1 saturated heterocycles. The van der Waals surface area contributed by atoms with Gasteiger partial charge >= 0.3 is 5.97 Å². The molecule has 0 spiro atoms. The Hall–Kier alpha value is -2.93. The zero-order valence-electron chi connectivity index (χ0n) is 16.8. The number of rotatable bonds is 6. The highest BCUT2D eigenvalue weighted by Crippen LogP contribution is 2.28. The topological polar surface area (TPSA) is 80.2 Å². The van der Waals surface area contributed by atoms with E-state index < -0.39 is 0 Å². The van der Waals surface area contributed by atoms with Crippen LogP contribution >= 0.6 is 11.6 Å². The average molecular weight is 426 g/mol. The maximum absolute atomic E-state index is 12.0. The van der Waals surface area contributed by atoms with Gasteiger partial charge in [0.15, 0.2) is 0 Å². The molecule has 0 aliphatic carbocycles. The number of ether oxygens (including phenoxy) is 1. The van der Waals surface area contributed by atoms with E-state index in [4.69, 9.17) is 16.3 Å². The normalized spacial score (nSPS) is 14.7. The molecule has 156 valence electrons. The zero-order valence-corrected chi connectivity index (χ0v) is 17.6. The Bertz CT molecular complexity index is 1040. The number of piperidine rings is 1. The Balaban J connectivity index is 1.47. The van der Waals surface area contributed by atoms with E-state index in [1.165, 1.54) is 0 Å². The first-order chi connectivity index (χ1) is 14.7. The molecule has 2 aromatic heterocycles. The van der Waals surface area contributed by atoms with Gasteiger partial charge in [0.25, 0.3) is 0 Å². The summed E-state index contributed by atoms with van der Waals surface area (Å²) in [5, 5.41) is 4.84. The fraction of sp³-hybridized carbons (Fsp3) is 0.364. The third-order valence-corrected chi connectivity index (χ3v) is 5.67. The first-order valence-electron chi connectivity index (χ1n) is 10.2. The molecule has 1 N–H and O–H groups in total. The van der Waals surface area contributed by atoms with Gasteiger partial charge in [0.2, 0.25) is 5.95 Å². The van der Waals surface area contributed by atoms with Gasteiger partial charge in [0, 0.05) is 37.1 Å². The van der Waals surface area contributed by atoms with E-state index in [-0.39, 0.29) is 11.9 Å². The van der Waals surface area contributed by atoms with Crippen molar-refractivity contribution in [1.82, 2.24) is 15.0 Å². The fourth-order valence-corrected chi connectivity index (χ4v) is 3.89. The molecule has 3 aromatic rings. The molecule has 1 aliphatic heterocycles. The SMILES string of the molecule is CCOC(=O)C1CCN(c2nccc3nc(NCc4ccccc4Cl)ncc23)CC1. The summed E-state index contributed by atoms with van der Waals surface area (Å²) in [4.78, 5) is 27.8. The highest BCUT2D eigenvalue weighted by atomic mass is 35.5. The van der Waals surface area contributed by atoms with Crippen LogP contribution in [0.1, 0.15) is 25.3 Å². The lowest BCUT2D eigenvalue weighted by atomic mass is 9.97. The van der Waals surface area contributed by atoms with Gasteiger partial charge in [-0.3, -0.25) is 4.79 Å². The molecule has 3 heterocycles. The number of pyridine rings is 1. The van der Waals surface area contributed by atoms with Gasteiger partial charge in [-0.05, 0) is 37.5 Å². The number of hydrogen-bond acceptors (Lipinski definition) is 7. The predicted molar refractivity (Wildman–Crippen MR) is 118 cm³/mol. The minimum atomic E-state index is -0.0967. The van der Waals surface area contributed by atoms with Crippen molar-refractivity contribution in [3.05, 3.63) is 53.3 Å². The van der Waals surface area contributed by atoms with Gasteiger partial charge in [-0.25, -0.2) is 15.0 Å². The molecule has 0 amide bonds. The number of nitrogens with one attached hydrogen (secondary N) is 1. The van der Waals surface area contributed by atoms with E-state index >= 15 is 0 Å². The monoisotopic (exact) mass is 425 g/mol. The molecular formula is C22H24ClN5O2. The second kappa shape index (κ2) is 9.26. The van der Waals surface area contributed by atoms with E-state index in [0.717, 1.165) is 48.2 Å². The number of nitrogens with zero attached hydrogens (tertiary/aromatic N) is 4. The van der Waals surface area contributed by atoms with Crippen molar-refractivity contribution in [2.45, 2.75) is 26.3 Å². The Morgan fingerprint density at radius 3 is 2.80 bits per heavy atom. The van der Waals surface area contributed by atoms with E-state index in [2.05, 4.69) is 25.2 Å². The second-order valence-corrected chi connectivity index (χ2v) is 7.63. The lowest BCUT2D eigenvalue weighted by Gasteiger charge is -2.32. The van der Waals surface area contributed by atoms with Crippen molar-refractivity contribution in [1.29, 1.82) is 0 Å². The predicted octanol–water partition coefficient (Wildman–Crippen LogP) is 4.07. The van der Waals surface area contributed by atoms with Gasteiger partial charge in [0.05, 0.1) is 23.4 Å². The summed E-state index contributed by atoms with van der Waals surface area (Å²) >= 11 is 6.22. The highest BCUT2D eigenvalue weighted by Gasteiger charge is 2.27. The largest absolute Gasteiger partial charge is 0.466 e. The van der Waals surface area contributed by atoms with Crippen LogP contribution in [0.25, 0.3) is 10.9 Å². The van der Waals surface area contributed by atoms with Crippen LogP contribution in [0.15, 0.2) is 42.7 Å². The summed E-state index contributed by atoms with van der Waals surface area (Å²) in [5.74, 6) is 1.27. The van der Waals surface area contributed by atoms with E-state index in [1.807, 2.05) is 37.3 Å². The molecule has 0 saturated carbocycles. The van der Waals surface area contributed by atoms with Crippen LogP contribution in [0.5, 0.6) is 0 Å². The van der Waals surface area contributed by atoms with Crippen LogP contribution in [-0.4, -0.2) is 40.6 Å². The summed E-state index contributed by atoms with van der Waals surface area (Å²) in [6, 6.07) is 9.57. The van der Waals surface area contributed by atoms with Gasteiger partial charge in [-0.15, -0.1) is 0 Å². The lowest BCUT2D eigenvalue weighted by molar-refractivity contribution is -0.148. The van der Waals surface area contributed by atoms with Crippen LogP contribution < -0.4 is 10.2 Å². The Kier molecular flexibility index (Phi) is 6.28. The van der Waals surface area contributed by atoms with Crippen LogP contribution in [0.2, 0.25) is 5.02 Å². The molecule has 8 heteroatoms. The summed E-state index contributed by atoms with van der Waals surface area (Å²) in [5.41, 5.74) is 1.81. The van der Waals surface area contributed by atoms with Crippen molar-refractivity contribution >= 4 is 40.2 Å². The van der Waals surface area contributed by atoms with Gasteiger partial charge in [-0.1, -0.05) is 29.8 Å². The van der Waals surface area contributed by atoms with Crippen molar-refractivity contribution in [2.75, 3.05) is 29.9 Å². The van der Waals surface area contributed by atoms with Crippen LogP contribution in [0, 0.1) is 5.92 Å². The van der Waals surface area contributed by atoms with Crippen LogP contribution in [-0.2, 0) is 16.1 Å². The highest BCUT2D eigenvalue weighted by molar-refractivity contribution is 6.31. The molecule has 1 aromatic carbocycles. The summed E-state index contributed by atoms with van der Waals surface area (Å²) in [6.45, 7) is 4.31. The molecule has 0 radical (unpaired) electrons. The van der Waals surface area contributed by atoms with Gasteiger partial charge in [-0.2, -0.15) is 0 Å². The molecule has 4 rings (SSSR count). The van der Waals surface area contributed by atoms with E-state index in [9.17, 15) is 4.79 Å². The smallest absolute Gasteiger partial charge is 0.309 e. The Labute approximate surface area is 180 Å². The number of fused-ring (bicyclic) bond motifs is 1. The van der Waals surface area contributed by atoms with Crippen molar-refractivity contribution in [2.24, 2.45) is 5.92 Å². The number of hydrogen-bond donors (Lipinski definition) is 1. The maximum Gasteiger partial charge on any atom is 0.309 e. The quantitative estimate of drug-likeness (QED) is 0.596. The zero-order chi connectivity index (χ0) is 20.9. The Morgan fingerprint density at radius 1 is 1.23 bits per heavy atom. The van der Waals surface area contributed by atoms with E-state index in [1.54, 1.807) is 12.4 Å². The van der Waals surface area contributed by atoms with E-state index in [0.29, 0.717) is 24.1 Å². The molecule has 0 atom stereocenters. The Morgan fingerprint density at radius 2 is 2.03 bits per heavy atom. The maximum atomic E-state index is 12.0. The van der Waals surface area contributed by atoms with Crippen molar-refractivity contribution < 1.29 is 9.53 Å². The number of anilines is 2. The van der Waals surface area contributed by atoms with Gasteiger partial charge in [0.1, 0.15) is 5.82 Å². The third kappa shape index (κ3) is 4.46. The molecule has 30 heavy (non-hydrogen) atoms. The molecule has 1 aliphatic rings. The summed E-state index contributed by atoms with van der Waals surface area (Å²) in [7, 11) is 0. The minimum Gasteiger partial charge on any atom is -0.466 e. The first kappa shape index (κ1) is 20.3. The first-order valence-corrected chi connectivity index (χ1v) is 10.5. The van der Waals surface area contributed by atoms with Gasteiger partial charge < -0.3 is 15.0 Å². The number of esters is 1. The number of benzene rings is 1. The molecule has 0 unspecified atom stereocenters. The van der Waals surface area contributed by atoms with Crippen LogP contribution in [0.3, 0.4) is 0 Å². The fourth-order valence-electron chi connectivity index (χ4n) is 3.68. The minimum absolute atomic E-state index is 0.0342. The van der Waals surface area contributed by atoms with Crippen molar-refractivity contribution in [3.8, 4) is 0 Å². The lowest BCUT2D eigenvalue weighted by Crippen LogP contribution is -2.37. The molecule has 1 fully saturated rings. The number of carbonyl (C=O) groups excluding carboxylic acids is 1. The number of aromatic nitrogens is 3. The number of carbonyl (C=O) groups is 1. The molecular weight excluding hydrogens is 402 g/mol. The van der Waals surface area contributed by atoms with Crippen molar-refractivity contribution in [3.63, 3.8) is 0 Å². The third-order valence-electron chi connectivity index (χ3n) is 5.30. The second-order valence-electron chi connectivity index (χ2n) is 7.22. The summed E-state index contributed by atoms with van der Waals surface area (Å²) in [6.07, 6.45) is 5.08. The molecule has 7 nitrogen and oxygen atoms in total. The summed E-state index contributed by atoms with van der Waals surface area (Å²) < 4.78 is 5.16. The number of halogens is 1.